The molecule has 2 fully saturated rings. The molecule has 0 bridgehead atoms. The molecule has 3 aliphatic heterocycles. The van der Waals surface area contributed by atoms with Gasteiger partial charge in [-0.1, -0.05) is 24.3 Å². The highest BCUT2D eigenvalue weighted by molar-refractivity contribution is 6.05. The second kappa shape index (κ2) is 10.8. The van der Waals surface area contributed by atoms with E-state index in [4.69, 9.17) is 4.74 Å². The molecule has 1 atom stereocenters. The maximum atomic E-state index is 15.1. The molecule has 0 spiro atoms. The van der Waals surface area contributed by atoms with E-state index < -0.39 is 11.9 Å². The molecule has 3 heterocycles. The SMILES string of the molecule is O=C1CCC(N2Cc3cc(C4CCN(CCCCOc5ccccc5)CC4)c(F)cc3C2=O)C(=O)N1. The second-order valence-corrected chi connectivity index (χ2v) is 9.92. The van der Waals surface area contributed by atoms with E-state index in [0.717, 1.165) is 56.6 Å². The summed E-state index contributed by atoms with van der Waals surface area (Å²) in [6.07, 6.45) is 4.31. The molecule has 2 saturated heterocycles. The standard InChI is InChI=1S/C28H32FN3O4/c29-24-17-23-20(18-32(28(23)35)25-8-9-26(33)30-27(25)34)16-22(24)19-10-13-31(14-11-19)12-4-5-15-36-21-6-2-1-3-7-21/h1-3,6-7,16-17,19,25H,4-5,8-15,18H2,(H,30,33,34). The molecular formula is C28H32FN3O4. The predicted molar refractivity (Wildman–Crippen MR) is 132 cm³/mol. The van der Waals surface area contributed by atoms with Gasteiger partial charge in [-0.15, -0.1) is 0 Å². The van der Waals surface area contributed by atoms with E-state index in [-0.39, 0.29) is 36.5 Å². The van der Waals surface area contributed by atoms with Gasteiger partial charge in [-0.3, -0.25) is 19.7 Å². The number of carbonyl (C=O) groups is 3. The van der Waals surface area contributed by atoms with Gasteiger partial charge in [-0.2, -0.15) is 0 Å². The summed E-state index contributed by atoms with van der Waals surface area (Å²) < 4.78 is 20.9. The molecular weight excluding hydrogens is 461 g/mol. The molecule has 8 heteroatoms. The van der Waals surface area contributed by atoms with E-state index >= 15 is 4.39 Å². The molecule has 190 valence electrons. The minimum Gasteiger partial charge on any atom is -0.494 e. The maximum absolute atomic E-state index is 15.1. The first-order chi connectivity index (χ1) is 17.5. The largest absolute Gasteiger partial charge is 0.494 e. The highest BCUT2D eigenvalue weighted by Gasteiger charge is 2.40. The molecule has 1 unspecified atom stereocenters. The molecule has 7 nitrogen and oxygen atoms in total. The minimum atomic E-state index is -0.685. The van der Waals surface area contributed by atoms with Crippen LogP contribution in [0, 0.1) is 5.82 Å². The van der Waals surface area contributed by atoms with E-state index in [1.165, 1.54) is 11.0 Å². The first kappa shape index (κ1) is 24.4. The van der Waals surface area contributed by atoms with E-state index in [1.807, 2.05) is 36.4 Å². The summed E-state index contributed by atoms with van der Waals surface area (Å²) in [5.74, 6) is -0.434. The monoisotopic (exact) mass is 493 g/mol. The van der Waals surface area contributed by atoms with Crippen LogP contribution < -0.4 is 10.1 Å². The fraction of sp³-hybridized carbons (Fsp3) is 0.464. The van der Waals surface area contributed by atoms with Crippen LogP contribution >= 0.6 is 0 Å². The highest BCUT2D eigenvalue weighted by Crippen LogP contribution is 2.35. The number of hydrogen-bond donors (Lipinski definition) is 1. The van der Waals surface area contributed by atoms with Crippen LogP contribution in [0.1, 0.15) is 65.9 Å². The summed E-state index contributed by atoms with van der Waals surface area (Å²) >= 11 is 0. The Hall–Kier alpha value is -3.26. The van der Waals surface area contributed by atoms with Gasteiger partial charge in [-0.05, 0) is 87.0 Å². The van der Waals surface area contributed by atoms with Crippen molar-refractivity contribution in [3.63, 3.8) is 0 Å². The van der Waals surface area contributed by atoms with Gasteiger partial charge in [0, 0.05) is 18.5 Å². The number of ether oxygens (including phenoxy) is 1. The summed E-state index contributed by atoms with van der Waals surface area (Å²) in [5.41, 5.74) is 1.76. The van der Waals surface area contributed by atoms with Gasteiger partial charge >= 0.3 is 0 Å². The molecule has 0 radical (unpaired) electrons. The number of amides is 3. The van der Waals surface area contributed by atoms with Crippen molar-refractivity contribution >= 4 is 17.7 Å². The summed E-state index contributed by atoms with van der Waals surface area (Å²) in [6.45, 7) is 3.82. The van der Waals surface area contributed by atoms with Gasteiger partial charge < -0.3 is 14.5 Å². The van der Waals surface area contributed by atoms with Gasteiger partial charge in [0.2, 0.25) is 11.8 Å². The van der Waals surface area contributed by atoms with Crippen molar-refractivity contribution in [2.75, 3.05) is 26.2 Å². The first-order valence-corrected chi connectivity index (χ1v) is 12.9. The van der Waals surface area contributed by atoms with E-state index in [1.54, 1.807) is 0 Å². The molecule has 2 aromatic carbocycles. The van der Waals surface area contributed by atoms with Crippen molar-refractivity contribution < 1.29 is 23.5 Å². The van der Waals surface area contributed by atoms with Gasteiger partial charge in [0.05, 0.1) is 6.61 Å². The summed E-state index contributed by atoms with van der Waals surface area (Å²) in [4.78, 5) is 40.5. The third kappa shape index (κ3) is 5.28. The number of halogens is 1. The number of benzene rings is 2. The lowest BCUT2D eigenvalue weighted by Gasteiger charge is -2.32. The summed E-state index contributed by atoms with van der Waals surface area (Å²) in [5, 5.41) is 2.30. The number of nitrogens with one attached hydrogen (secondary N) is 1. The zero-order valence-electron chi connectivity index (χ0n) is 20.4. The minimum absolute atomic E-state index is 0.118. The van der Waals surface area contributed by atoms with Crippen LogP contribution in [0.3, 0.4) is 0 Å². The molecule has 2 aromatic rings. The van der Waals surface area contributed by atoms with Crippen LogP contribution in [-0.2, 0) is 16.1 Å². The third-order valence-electron chi connectivity index (χ3n) is 7.55. The number of piperidine rings is 2. The number of carbonyl (C=O) groups excluding carboxylic acids is 3. The van der Waals surface area contributed by atoms with Crippen LogP contribution in [0.5, 0.6) is 5.75 Å². The second-order valence-electron chi connectivity index (χ2n) is 9.92. The molecule has 3 amide bonds. The Balaban J connectivity index is 1.12. The number of unbranched alkanes of at least 4 members (excludes halogenated alkanes) is 1. The summed E-state index contributed by atoms with van der Waals surface area (Å²) in [7, 11) is 0. The normalized spacial score (nSPS) is 21.0. The number of imide groups is 1. The van der Waals surface area contributed by atoms with Gasteiger partial charge in [0.25, 0.3) is 5.91 Å². The van der Waals surface area contributed by atoms with Gasteiger partial charge in [-0.25, -0.2) is 4.39 Å². The maximum Gasteiger partial charge on any atom is 0.255 e. The number of rotatable bonds is 8. The van der Waals surface area contributed by atoms with Crippen molar-refractivity contribution in [2.45, 2.75) is 57.0 Å². The average Bonchev–Trinajstić information content (AvgIpc) is 3.19. The van der Waals surface area contributed by atoms with E-state index in [2.05, 4.69) is 10.2 Å². The molecule has 5 rings (SSSR count). The van der Waals surface area contributed by atoms with Crippen molar-refractivity contribution in [3.05, 3.63) is 65.0 Å². The Bertz CT molecular complexity index is 1130. The third-order valence-corrected chi connectivity index (χ3v) is 7.55. The van der Waals surface area contributed by atoms with Crippen molar-refractivity contribution in [1.29, 1.82) is 0 Å². The van der Waals surface area contributed by atoms with E-state index in [9.17, 15) is 14.4 Å². The van der Waals surface area contributed by atoms with Gasteiger partial charge in [0.1, 0.15) is 17.6 Å². The smallest absolute Gasteiger partial charge is 0.255 e. The lowest BCUT2D eigenvalue weighted by atomic mass is 9.87. The molecule has 1 N–H and O–H groups in total. The van der Waals surface area contributed by atoms with Gasteiger partial charge in [0.15, 0.2) is 0 Å². The molecule has 0 aliphatic carbocycles. The average molecular weight is 494 g/mol. The molecule has 0 saturated carbocycles. The van der Waals surface area contributed by atoms with Crippen LogP contribution in [0.2, 0.25) is 0 Å². The number of para-hydroxylation sites is 1. The van der Waals surface area contributed by atoms with E-state index in [0.29, 0.717) is 24.2 Å². The quantitative estimate of drug-likeness (QED) is 0.449. The number of fused-ring (bicyclic) bond motifs is 1. The molecule has 0 aromatic heterocycles. The number of nitrogens with zero attached hydrogens (tertiary/aromatic N) is 2. The summed E-state index contributed by atoms with van der Waals surface area (Å²) in [6, 6.07) is 12.3. The first-order valence-electron chi connectivity index (χ1n) is 12.9. The fourth-order valence-electron chi connectivity index (χ4n) is 5.53. The highest BCUT2D eigenvalue weighted by atomic mass is 19.1. The lowest BCUT2D eigenvalue weighted by molar-refractivity contribution is -0.136. The Morgan fingerprint density at radius 3 is 2.53 bits per heavy atom. The Morgan fingerprint density at radius 1 is 1.00 bits per heavy atom. The van der Waals surface area contributed by atoms with Crippen LogP contribution in [0.15, 0.2) is 42.5 Å². The Morgan fingerprint density at radius 2 is 1.78 bits per heavy atom. The van der Waals surface area contributed by atoms with Crippen molar-refractivity contribution in [3.8, 4) is 5.75 Å². The predicted octanol–water partition coefficient (Wildman–Crippen LogP) is 3.63. The Kier molecular flexibility index (Phi) is 7.32. The topological polar surface area (TPSA) is 79.0 Å². The van der Waals surface area contributed by atoms with Crippen molar-refractivity contribution in [1.82, 2.24) is 15.1 Å². The molecule has 36 heavy (non-hydrogen) atoms. The number of likely N-dealkylation sites (tertiary alicyclic amines) is 1. The van der Waals surface area contributed by atoms with Crippen molar-refractivity contribution in [2.24, 2.45) is 0 Å². The van der Waals surface area contributed by atoms with Crippen LogP contribution in [0.25, 0.3) is 0 Å². The number of hydrogen-bond acceptors (Lipinski definition) is 5. The van der Waals surface area contributed by atoms with Crippen LogP contribution in [0.4, 0.5) is 4.39 Å². The fourth-order valence-corrected chi connectivity index (χ4v) is 5.53. The van der Waals surface area contributed by atoms with Crippen LogP contribution in [-0.4, -0.2) is 59.8 Å². The Labute approximate surface area is 210 Å². The lowest BCUT2D eigenvalue weighted by Crippen LogP contribution is -2.52. The zero-order valence-corrected chi connectivity index (χ0v) is 20.4. The zero-order chi connectivity index (χ0) is 25.1. The molecule has 3 aliphatic rings.